The quantitative estimate of drug-likeness (QED) is 0.435. The molecule has 8 heteroatoms. The largest absolute Gasteiger partial charge is 0.495 e. The van der Waals surface area contributed by atoms with Gasteiger partial charge in [-0.15, -0.1) is 0 Å². The van der Waals surface area contributed by atoms with Gasteiger partial charge < -0.3 is 19.7 Å². The maximum Gasteiger partial charge on any atom is 0.338 e. The van der Waals surface area contributed by atoms with E-state index in [2.05, 4.69) is 12.2 Å². The van der Waals surface area contributed by atoms with Crippen LogP contribution in [-0.4, -0.2) is 38.0 Å². The molecule has 0 radical (unpaired) electrons. The molecular weight excluding hydrogens is 432 g/mol. The van der Waals surface area contributed by atoms with Crippen LogP contribution in [0, 0.1) is 5.92 Å². The van der Waals surface area contributed by atoms with Gasteiger partial charge in [-0.1, -0.05) is 31.4 Å². The zero-order valence-electron chi connectivity index (χ0n) is 18.2. The highest BCUT2D eigenvalue weighted by Gasteiger charge is 2.36. The van der Waals surface area contributed by atoms with Crippen LogP contribution in [-0.2, 0) is 14.3 Å². The highest BCUT2D eigenvalue weighted by molar-refractivity contribution is 6.31. The third-order valence-corrected chi connectivity index (χ3v) is 5.53. The molecule has 1 aliphatic heterocycles. The molecule has 170 valence electrons. The minimum atomic E-state index is -0.519. The van der Waals surface area contributed by atoms with E-state index >= 15 is 0 Å². The lowest BCUT2D eigenvalue weighted by molar-refractivity contribution is -0.122. The van der Waals surface area contributed by atoms with Gasteiger partial charge in [0.2, 0.25) is 11.8 Å². The fourth-order valence-corrected chi connectivity index (χ4v) is 3.69. The molecule has 0 aliphatic carbocycles. The molecule has 3 rings (SSSR count). The lowest BCUT2D eigenvalue weighted by Gasteiger charge is -2.20. The molecule has 1 saturated heterocycles. The van der Waals surface area contributed by atoms with Crippen molar-refractivity contribution in [1.82, 2.24) is 0 Å². The number of ether oxygens (including phenoxy) is 2. The van der Waals surface area contributed by atoms with Gasteiger partial charge in [-0.05, 0) is 48.9 Å². The van der Waals surface area contributed by atoms with Crippen molar-refractivity contribution in [3.63, 3.8) is 0 Å². The van der Waals surface area contributed by atoms with E-state index in [9.17, 15) is 14.4 Å². The van der Waals surface area contributed by atoms with Crippen LogP contribution in [0.15, 0.2) is 42.5 Å². The third-order valence-electron chi connectivity index (χ3n) is 5.30. The summed E-state index contributed by atoms with van der Waals surface area (Å²) in [5.41, 5.74) is 1.51. The van der Waals surface area contributed by atoms with E-state index in [0.29, 0.717) is 34.3 Å². The maximum absolute atomic E-state index is 12.7. The van der Waals surface area contributed by atoms with Gasteiger partial charge in [0.05, 0.1) is 30.9 Å². The average Bonchev–Trinajstić information content (AvgIpc) is 3.18. The monoisotopic (exact) mass is 458 g/mol. The van der Waals surface area contributed by atoms with Crippen LogP contribution in [0.5, 0.6) is 5.75 Å². The number of carbonyl (C=O) groups is 3. The summed E-state index contributed by atoms with van der Waals surface area (Å²) in [5.74, 6) is -0.828. The number of anilines is 2. The Morgan fingerprint density at radius 3 is 2.59 bits per heavy atom. The number of nitrogens with zero attached hydrogens (tertiary/aromatic N) is 1. The predicted molar refractivity (Wildman–Crippen MR) is 123 cm³/mol. The number of unbranched alkanes of at least 4 members (excludes halogenated alkanes) is 2. The summed E-state index contributed by atoms with van der Waals surface area (Å²) < 4.78 is 10.6. The van der Waals surface area contributed by atoms with Crippen molar-refractivity contribution in [2.75, 3.05) is 30.5 Å². The molecule has 1 N–H and O–H groups in total. The van der Waals surface area contributed by atoms with Gasteiger partial charge in [-0.25, -0.2) is 4.79 Å². The lowest BCUT2D eigenvalue weighted by Crippen LogP contribution is -2.28. The number of methoxy groups -OCH3 is 1. The van der Waals surface area contributed by atoms with Gasteiger partial charge in [0.1, 0.15) is 5.75 Å². The molecule has 1 atom stereocenters. The number of hydrogen-bond donors (Lipinski definition) is 1. The third kappa shape index (κ3) is 5.79. The number of nitrogens with one attached hydrogen (secondary N) is 1. The summed E-state index contributed by atoms with van der Waals surface area (Å²) in [4.78, 5) is 38.9. The second-order valence-electron chi connectivity index (χ2n) is 7.63. The molecule has 7 nitrogen and oxygen atoms in total. The molecule has 1 heterocycles. The molecular formula is C24H27ClN2O5. The normalized spacial score (nSPS) is 15.5. The standard InChI is InChI=1S/C24H27ClN2O5/c1-3-4-5-12-32-24(30)16-6-9-19(10-7-16)26-23(29)17-13-22(28)27(15-17)20-14-18(25)8-11-21(20)31-2/h6-11,14,17H,3-5,12-13,15H2,1-2H3,(H,26,29)/t17-/m0/s1. The van der Waals surface area contributed by atoms with E-state index in [1.807, 2.05) is 0 Å². The molecule has 1 fully saturated rings. The van der Waals surface area contributed by atoms with Crippen molar-refractivity contribution < 1.29 is 23.9 Å². The van der Waals surface area contributed by atoms with Crippen LogP contribution in [0.25, 0.3) is 0 Å². The Bertz CT molecular complexity index is 977. The lowest BCUT2D eigenvalue weighted by atomic mass is 10.1. The number of rotatable bonds is 9. The van der Waals surface area contributed by atoms with Gasteiger partial charge in [0.25, 0.3) is 0 Å². The van der Waals surface area contributed by atoms with Gasteiger partial charge in [0.15, 0.2) is 0 Å². The van der Waals surface area contributed by atoms with E-state index in [1.54, 1.807) is 42.5 Å². The van der Waals surface area contributed by atoms with E-state index in [1.165, 1.54) is 12.0 Å². The second-order valence-corrected chi connectivity index (χ2v) is 8.07. The maximum atomic E-state index is 12.7. The first kappa shape index (κ1) is 23.6. The van der Waals surface area contributed by atoms with Crippen molar-refractivity contribution in [1.29, 1.82) is 0 Å². The summed E-state index contributed by atoms with van der Waals surface area (Å²) in [6.45, 7) is 2.71. The number of benzene rings is 2. The number of carbonyl (C=O) groups excluding carboxylic acids is 3. The van der Waals surface area contributed by atoms with Gasteiger partial charge in [-0.3, -0.25) is 9.59 Å². The zero-order valence-corrected chi connectivity index (χ0v) is 19.0. The summed E-state index contributed by atoms with van der Waals surface area (Å²) >= 11 is 6.08. The van der Waals surface area contributed by atoms with Crippen LogP contribution < -0.4 is 15.0 Å². The first-order valence-electron chi connectivity index (χ1n) is 10.6. The highest BCUT2D eigenvalue weighted by Crippen LogP contribution is 2.35. The molecule has 32 heavy (non-hydrogen) atoms. The molecule has 0 spiro atoms. The average molecular weight is 459 g/mol. The number of halogens is 1. The Labute approximate surface area is 192 Å². The van der Waals surface area contributed by atoms with Crippen molar-refractivity contribution in [2.45, 2.75) is 32.6 Å². The van der Waals surface area contributed by atoms with Crippen molar-refractivity contribution >= 4 is 40.8 Å². The fourth-order valence-electron chi connectivity index (χ4n) is 3.52. The van der Waals surface area contributed by atoms with E-state index < -0.39 is 5.92 Å². The molecule has 0 bridgehead atoms. The van der Waals surface area contributed by atoms with Crippen LogP contribution in [0.1, 0.15) is 43.0 Å². The van der Waals surface area contributed by atoms with Gasteiger partial charge in [-0.2, -0.15) is 0 Å². The Morgan fingerprint density at radius 1 is 1.16 bits per heavy atom. The summed E-state index contributed by atoms with van der Waals surface area (Å²) in [7, 11) is 1.52. The van der Waals surface area contributed by atoms with Crippen LogP contribution in [0.3, 0.4) is 0 Å². The minimum Gasteiger partial charge on any atom is -0.495 e. The number of amides is 2. The summed E-state index contributed by atoms with van der Waals surface area (Å²) in [6.07, 6.45) is 3.00. The zero-order chi connectivity index (χ0) is 23.1. The smallest absolute Gasteiger partial charge is 0.338 e. The van der Waals surface area contributed by atoms with E-state index in [4.69, 9.17) is 21.1 Å². The van der Waals surface area contributed by atoms with Crippen molar-refractivity contribution in [3.05, 3.63) is 53.1 Å². The van der Waals surface area contributed by atoms with Crippen molar-refractivity contribution in [2.24, 2.45) is 5.92 Å². The second kappa shape index (κ2) is 11.0. The molecule has 2 aromatic carbocycles. The molecule has 0 unspecified atom stereocenters. The summed E-state index contributed by atoms with van der Waals surface area (Å²) in [5, 5.41) is 3.29. The Balaban J connectivity index is 1.59. The topological polar surface area (TPSA) is 84.9 Å². The Kier molecular flexibility index (Phi) is 8.11. The Hall–Kier alpha value is -3.06. The van der Waals surface area contributed by atoms with E-state index in [0.717, 1.165) is 19.3 Å². The molecule has 0 saturated carbocycles. The van der Waals surface area contributed by atoms with Gasteiger partial charge in [0, 0.05) is 23.7 Å². The Morgan fingerprint density at radius 2 is 1.91 bits per heavy atom. The number of esters is 1. The first-order valence-corrected chi connectivity index (χ1v) is 11.0. The highest BCUT2D eigenvalue weighted by atomic mass is 35.5. The number of hydrogen-bond acceptors (Lipinski definition) is 5. The fraction of sp³-hybridized carbons (Fsp3) is 0.375. The van der Waals surface area contributed by atoms with Crippen LogP contribution >= 0.6 is 11.6 Å². The first-order chi connectivity index (χ1) is 15.4. The SMILES string of the molecule is CCCCCOC(=O)c1ccc(NC(=O)[C@H]2CC(=O)N(c3cc(Cl)ccc3OC)C2)cc1. The minimum absolute atomic E-state index is 0.0870. The molecule has 1 aliphatic rings. The van der Waals surface area contributed by atoms with E-state index in [-0.39, 0.29) is 30.7 Å². The summed E-state index contributed by atoms with van der Waals surface area (Å²) in [6, 6.07) is 11.5. The molecule has 2 aromatic rings. The van der Waals surface area contributed by atoms with Crippen LogP contribution in [0.2, 0.25) is 5.02 Å². The molecule has 0 aromatic heterocycles. The van der Waals surface area contributed by atoms with Gasteiger partial charge >= 0.3 is 5.97 Å². The van der Waals surface area contributed by atoms with Crippen molar-refractivity contribution in [3.8, 4) is 5.75 Å². The predicted octanol–water partition coefficient (Wildman–Crippen LogP) is 4.69. The molecule has 2 amide bonds. The van der Waals surface area contributed by atoms with Crippen LogP contribution in [0.4, 0.5) is 11.4 Å².